The van der Waals surface area contributed by atoms with Crippen molar-refractivity contribution in [3.05, 3.63) is 23.8 Å². The maximum Gasteiger partial charge on any atom is 0.498 e. The second kappa shape index (κ2) is 5.93. The smallest absolute Gasteiger partial charge is 0.497 e. The number of methoxy groups -OCH3 is 1. The van der Waals surface area contributed by atoms with Crippen LogP contribution in [0.3, 0.4) is 0 Å². The average molecular weight is 306 g/mol. The molecule has 1 aliphatic heterocycles. The number of aryl methyl sites for hydroxylation is 1. The zero-order chi connectivity index (χ0) is 16.5. The van der Waals surface area contributed by atoms with E-state index in [0.29, 0.717) is 12.2 Å². The maximum atomic E-state index is 10.7. The number of hydrogen-bond donors (Lipinski definition) is 1. The lowest BCUT2D eigenvalue weighted by Crippen LogP contribution is -2.41. The number of rotatable bonds is 5. The molecule has 0 radical (unpaired) electrons. The second-order valence-electron chi connectivity index (χ2n) is 6.56. The number of aliphatic carboxylic acids is 1. The summed E-state index contributed by atoms with van der Waals surface area (Å²) in [5.74, 6) is -0.134. The lowest BCUT2D eigenvalue weighted by atomic mass is 9.77. The molecule has 1 fully saturated rings. The largest absolute Gasteiger partial charge is 0.498 e. The van der Waals surface area contributed by atoms with Gasteiger partial charge < -0.3 is 19.2 Å². The van der Waals surface area contributed by atoms with Crippen molar-refractivity contribution in [2.24, 2.45) is 0 Å². The van der Waals surface area contributed by atoms with E-state index >= 15 is 0 Å². The van der Waals surface area contributed by atoms with Gasteiger partial charge in [-0.3, -0.25) is 4.79 Å². The van der Waals surface area contributed by atoms with Gasteiger partial charge in [0.25, 0.3) is 0 Å². The Hall–Kier alpha value is -1.53. The van der Waals surface area contributed by atoms with Crippen LogP contribution < -0.4 is 10.2 Å². The SMILES string of the molecule is COc1ccc(CCC(=O)O)cc1B1OC(C)(C)C(C)(C)O1. The number of benzene rings is 1. The van der Waals surface area contributed by atoms with Gasteiger partial charge >= 0.3 is 13.1 Å². The molecule has 0 bridgehead atoms. The minimum absolute atomic E-state index is 0.0924. The third kappa shape index (κ3) is 3.28. The van der Waals surface area contributed by atoms with Crippen LogP contribution in [-0.2, 0) is 20.5 Å². The van der Waals surface area contributed by atoms with Crippen LogP contribution >= 0.6 is 0 Å². The third-order valence-electron chi connectivity index (χ3n) is 4.43. The molecule has 1 heterocycles. The maximum absolute atomic E-state index is 10.7. The highest BCUT2D eigenvalue weighted by Crippen LogP contribution is 2.37. The summed E-state index contributed by atoms with van der Waals surface area (Å²) in [6.45, 7) is 7.98. The number of hydrogen-bond acceptors (Lipinski definition) is 4. The quantitative estimate of drug-likeness (QED) is 0.843. The van der Waals surface area contributed by atoms with Crippen molar-refractivity contribution in [3.8, 4) is 5.75 Å². The van der Waals surface area contributed by atoms with E-state index in [9.17, 15) is 4.79 Å². The van der Waals surface area contributed by atoms with E-state index in [0.717, 1.165) is 11.0 Å². The Morgan fingerprint density at radius 1 is 1.23 bits per heavy atom. The predicted molar refractivity (Wildman–Crippen MR) is 84.7 cm³/mol. The van der Waals surface area contributed by atoms with Gasteiger partial charge in [0.1, 0.15) is 5.75 Å². The van der Waals surface area contributed by atoms with Gasteiger partial charge in [-0.25, -0.2) is 0 Å². The molecule has 0 spiro atoms. The number of carbonyl (C=O) groups is 1. The van der Waals surface area contributed by atoms with E-state index in [1.54, 1.807) is 7.11 Å². The van der Waals surface area contributed by atoms with Gasteiger partial charge in [0, 0.05) is 11.9 Å². The van der Waals surface area contributed by atoms with Gasteiger partial charge in [-0.1, -0.05) is 12.1 Å². The van der Waals surface area contributed by atoms with Crippen LogP contribution in [0.1, 0.15) is 39.7 Å². The van der Waals surface area contributed by atoms with Crippen LogP contribution in [-0.4, -0.2) is 36.5 Å². The molecule has 0 amide bonds. The van der Waals surface area contributed by atoms with Crippen molar-refractivity contribution in [2.75, 3.05) is 7.11 Å². The highest BCUT2D eigenvalue weighted by atomic mass is 16.7. The first kappa shape index (κ1) is 16.8. The Bertz CT molecular complexity index is 552. The minimum Gasteiger partial charge on any atom is -0.497 e. The van der Waals surface area contributed by atoms with Gasteiger partial charge in [-0.2, -0.15) is 0 Å². The molecule has 1 aromatic rings. The van der Waals surface area contributed by atoms with Crippen molar-refractivity contribution in [2.45, 2.75) is 51.7 Å². The van der Waals surface area contributed by atoms with E-state index in [4.69, 9.17) is 19.2 Å². The van der Waals surface area contributed by atoms with Crippen molar-refractivity contribution >= 4 is 18.6 Å². The average Bonchev–Trinajstić information content (AvgIpc) is 2.64. The molecule has 6 heteroatoms. The van der Waals surface area contributed by atoms with E-state index < -0.39 is 24.3 Å². The Labute approximate surface area is 131 Å². The van der Waals surface area contributed by atoms with Crippen LogP contribution in [0.2, 0.25) is 0 Å². The summed E-state index contributed by atoms with van der Waals surface area (Å²) in [6, 6.07) is 5.61. The zero-order valence-electron chi connectivity index (χ0n) is 13.8. The molecule has 5 nitrogen and oxygen atoms in total. The van der Waals surface area contributed by atoms with E-state index in [1.165, 1.54) is 0 Å². The lowest BCUT2D eigenvalue weighted by Gasteiger charge is -2.32. The van der Waals surface area contributed by atoms with Crippen LogP contribution in [0.25, 0.3) is 0 Å². The fourth-order valence-electron chi connectivity index (χ4n) is 2.34. The Kier molecular flexibility index (Phi) is 4.54. The monoisotopic (exact) mass is 306 g/mol. The lowest BCUT2D eigenvalue weighted by molar-refractivity contribution is -0.136. The minimum atomic E-state index is -0.812. The van der Waals surface area contributed by atoms with E-state index in [-0.39, 0.29) is 6.42 Å². The Morgan fingerprint density at radius 3 is 2.32 bits per heavy atom. The van der Waals surface area contributed by atoms with Gasteiger partial charge in [0.2, 0.25) is 0 Å². The summed E-state index contributed by atoms with van der Waals surface area (Å²) < 4.78 is 17.5. The van der Waals surface area contributed by atoms with Crippen molar-refractivity contribution in [3.63, 3.8) is 0 Å². The van der Waals surface area contributed by atoms with E-state index in [1.807, 2.05) is 45.9 Å². The summed E-state index contributed by atoms with van der Waals surface area (Å²) in [7, 11) is 1.07. The number of carboxylic acids is 1. The third-order valence-corrected chi connectivity index (χ3v) is 4.43. The molecule has 0 unspecified atom stereocenters. The van der Waals surface area contributed by atoms with Crippen LogP contribution in [0, 0.1) is 0 Å². The molecule has 120 valence electrons. The molecular weight excluding hydrogens is 283 g/mol. The van der Waals surface area contributed by atoms with Crippen LogP contribution in [0.4, 0.5) is 0 Å². The standard InChI is InChI=1S/C16H23BO5/c1-15(2)16(3,4)22-17(21-15)12-10-11(7-9-14(18)19)6-8-13(12)20-5/h6,8,10H,7,9H2,1-5H3,(H,18,19). The molecule has 0 aromatic heterocycles. The van der Waals surface area contributed by atoms with Gasteiger partial charge in [-0.15, -0.1) is 0 Å². The molecule has 1 saturated heterocycles. The Balaban J connectivity index is 2.29. The van der Waals surface area contributed by atoms with Crippen molar-refractivity contribution in [1.82, 2.24) is 0 Å². The first-order valence-electron chi connectivity index (χ1n) is 7.40. The van der Waals surface area contributed by atoms with Crippen molar-refractivity contribution < 1.29 is 23.9 Å². The molecular formula is C16H23BO5. The summed E-state index contributed by atoms with van der Waals surface area (Å²) in [4.78, 5) is 10.7. The van der Waals surface area contributed by atoms with Crippen LogP contribution in [0.5, 0.6) is 5.75 Å². The molecule has 1 N–H and O–H groups in total. The topological polar surface area (TPSA) is 65.0 Å². The molecule has 22 heavy (non-hydrogen) atoms. The normalized spacial score (nSPS) is 19.2. The zero-order valence-corrected chi connectivity index (χ0v) is 13.8. The first-order chi connectivity index (χ1) is 10.2. The van der Waals surface area contributed by atoms with Crippen molar-refractivity contribution in [1.29, 1.82) is 0 Å². The first-order valence-corrected chi connectivity index (χ1v) is 7.40. The fourth-order valence-corrected chi connectivity index (χ4v) is 2.34. The van der Waals surface area contributed by atoms with Gasteiger partial charge in [0.05, 0.1) is 18.3 Å². The molecule has 0 atom stereocenters. The molecule has 2 rings (SSSR count). The second-order valence-corrected chi connectivity index (χ2v) is 6.56. The number of ether oxygens (including phenoxy) is 1. The Morgan fingerprint density at radius 2 is 1.82 bits per heavy atom. The summed E-state index contributed by atoms with van der Waals surface area (Å²) in [5, 5.41) is 8.82. The summed E-state index contributed by atoms with van der Waals surface area (Å²) in [6.07, 6.45) is 0.557. The highest BCUT2D eigenvalue weighted by molar-refractivity contribution is 6.63. The molecule has 1 aliphatic rings. The van der Waals surface area contributed by atoms with Gasteiger partial charge in [-0.05, 0) is 45.7 Å². The summed E-state index contributed by atoms with van der Waals surface area (Å²) >= 11 is 0. The molecule has 0 saturated carbocycles. The molecule has 0 aliphatic carbocycles. The van der Waals surface area contributed by atoms with Gasteiger partial charge in [0.15, 0.2) is 0 Å². The van der Waals surface area contributed by atoms with E-state index in [2.05, 4.69) is 0 Å². The predicted octanol–water partition coefficient (Wildman–Crippen LogP) is 2.01. The fraction of sp³-hybridized carbons (Fsp3) is 0.562. The highest BCUT2D eigenvalue weighted by Gasteiger charge is 2.52. The van der Waals surface area contributed by atoms with Crippen LogP contribution in [0.15, 0.2) is 18.2 Å². The summed E-state index contributed by atoms with van der Waals surface area (Å²) in [5.41, 5.74) is 0.858. The number of carboxylic acid groups (broad SMARTS) is 1. The molecule has 1 aromatic carbocycles.